The van der Waals surface area contributed by atoms with E-state index in [4.69, 9.17) is 4.99 Å². The summed E-state index contributed by atoms with van der Waals surface area (Å²) >= 11 is 0. The molecule has 0 atom stereocenters. The van der Waals surface area contributed by atoms with Gasteiger partial charge in [-0.05, 0) is 38.2 Å². The van der Waals surface area contributed by atoms with Gasteiger partial charge in [-0.25, -0.2) is 0 Å². The predicted molar refractivity (Wildman–Crippen MR) is 102 cm³/mol. The zero-order chi connectivity index (χ0) is 17.5. The number of aliphatic imine (C=N–C) groups is 1. The largest absolute Gasteiger partial charge is 0.357 e. The van der Waals surface area contributed by atoms with Crippen molar-refractivity contribution in [1.29, 1.82) is 0 Å². The second-order valence-electron chi connectivity index (χ2n) is 7.19. The van der Waals surface area contributed by atoms with E-state index in [-0.39, 0.29) is 17.2 Å². The van der Waals surface area contributed by atoms with Gasteiger partial charge in [0.2, 0.25) is 5.91 Å². The van der Waals surface area contributed by atoms with Crippen molar-refractivity contribution in [3.8, 4) is 0 Å². The fourth-order valence-electron chi connectivity index (χ4n) is 3.36. The van der Waals surface area contributed by atoms with Gasteiger partial charge in [-0.15, -0.1) is 0 Å². The van der Waals surface area contributed by atoms with E-state index in [2.05, 4.69) is 53.2 Å². The number of hydrogen-bond donors (Lipinski definition) is 3. The lowest BCUT2D eigenvalue weighted by Gasteiger charge is -2.41. The number of carbonyl (C=O) groups is 1. The first-order chi connectivity index (χ1) is 12.2. The average Bonchev–Trinajstić information content (AvgIpc) is 3.43. The van der Waals surface area contributed by atoms with E-state index in [0.717, 1.165) is 31.9 Å². The number of carbonyl (C=O) groups excluding carboxylic acids is 1. The highest BCUT2D eigenvalue weighted by Gasteiger charge is 2.38. The van der Waals surface area contributed by atoms with E-state index >= 15 is 0 Å². The van der Waals surface area contributed by atoms with Crippen LogP contribution in [0, 0.1) is 5.92 Å². The molecule has 2 fully saturated rings. The molecule has 1 aromatic carbocycles. The lowest BCUT2D eigenvalue weighted by molar-refractivity contribution is -0.122. The van der Waals surface area contributed by atoms with Gasteiger partial charge in [-0.1, -0.05) is 36.8 Å². The summed E-state index contributed by atoms with van der Waals surface area (Å²) in [7, 11) is 0. The maximum atomic E-state index is 11.7. The lowest BCUT2D eigenvalue weighted by Crippen LogP contribution is -2.44. The van der Waals surface area contributed by atoms with Gasteiger partial charge < -0.3 is 16.0 Å². The van der Waals surface area contributed by atoms with Gasteiger partial charge in [0.1, 0.15) is 0 Å². The molecule has 1 aromatic rings. The Labute approximate surface area is 150 Å². The van der Waals surface area contributed by atoms with Crippen molar-refractivity contribution in [2.24, 2.45) is 10.9 Å². The third-order valence-electron chi connectivity index (χ3n) is 5.25. The van der Waals surface area contributed by atoms with Crippen LogP contribution < -0.4 is 16.0 Å². The molecule has 25 heavy (non-hydrogen) atoms. The number of hydrogen-bond acceptors (Lipinski definition) is 2. The van der Waals surface area contributed by atoms with Crippen LogP contribution in [0.25, 0.3) is 0 Å². The van der Waals surface area contributed by atoms with Gasteiger partial charge in [-0.2, -0.15) is 0 Å². The topological polar surface area (TPSA) is 65.5 Å². The Balaban J connectivity index is 1.51. The van der Waals surface area contributed by atoms with E-state index in [9.17, 15) is 4.79 Å². The summed E-state index contributed by atoms with van der Waals surface area (Å²) < 4.78 is 0. The quantitative estimate of drug-likeness (QED) is 0.385. The molecule has 0 unspecified atom stereocenters. The molecule has 0 bridgehead atoms. The second kappa shape index (κ2) is 8.37. The molecule has 0 radical (unpaired) electrons. The first-order valence-corrected chi connectivity index (χ1v) is 9.59. The van der Waals surface area contributed by atoms with Gasteiger partial charge in [0.05, 0.1) is 6.54 Å². The Bertz CT molecular complexity index is 591. The number of guanidine groups is 1. The second-order valence-corrected chi connectivity index (χ2v) is 7.19. The molecular weight excluding hydrogens is 312 g/mol. The number of benzene rings is 1. The molecule has 0 spiro atoms. The summed E-state index contributed by atoms with van der Waals surface area (Å²) in [6, 6.07) is 10.8. The minimum Gasteiger partial charge on any atom is -0.357 e. The van der Waals surface area contributed by atoms with Crippen LogP contribution >= 0.6 is 0 Å². The van der Waals surface area contributed by atoms with Crippen LogP contribution in [0.5, 0.6) is 0 Å². The molecule has 3 rings (SSSR count). The van der Waals surface area contributed by atoms with Gasteiger partial charge in [0.15, 0.2) is 5.96 Å². The molecule has 2 aliphatic carbocycles. The van der Waals surface area contributed by atoms with Crippen LogP contribution in [0.3, 0.4) is 0 Å². The summed E-state index contributed by atoms with van der Waals surface area (Å²) in [4.78, 5) is 16.5. The predicted octanol–water partition coefficient (Wildman–Crippen LogP) is 2.19. The van der Waals surface area contributed by atoms with Crippen molar-refractivity contribution < 1.29 is 4.79 Å². The monoisotopic (exact) mass is 342 g/mol. The molecular formula is C20H30N4O. The average molecular weight is 342 g/mol. The summed E-state index contributed by atoms with van der Waals surface area (Å²) in [5, 5.41) is 9.61. The van der Waals surface area contributed by atoms with Crippen LogP contribution in [0.4, 0.5) is 0 Å². The number of amides is 1. The molecule has 0 saturated heterocycles. The van der Waals surface area contributed by atoms with Crippen LogP contribution in [0.2, 0.25) is 0 Å². The molecule has 2 saturated carbocycles. The molecule has 5 nitrogen and oxygen atoms in total. The van der Waals surface area contributed by atoms with Crippen molar-refractivity contribution in [2.45, 2.75) is 44.4 Å². The van der Waals surface area contributed by atoms with Crippen molar-refractivity contribution in [2.75, 3.05) is 26.2 Å². The molecule has 2 aliphatic rings. The summed E-state index contributed by atoms with van der Waals surface area (Å²) in [5.74, 6) is 1.30. The van der Waals surface area contributed by atoms with E-state index < -0.39 is 0 Å². The third kappa shape index (κ3) is 4.74. The maximum absolute atomic E-state index is 11.7. The summed E-state index contributed by atoms with van der Waals surface area (Å²) in [6.45, 7) is 5.05. The highest BCUT2D eigenvalue weighted by Crippen LogP contribution is 2.43. The third-order valence-corrected chi connectivity index (χ3v) is 5.25. The van der Waals surface area contributed by atoms with Crippen molar-refractivity contribution in [1.82, 2.24) is 16.0 Å². The van der Waals surface area contributed by atoms with E-state index in [1.54, 1.807) is 0 Å². The van der Waals surface area contributed by atoms with Crippen LogP contribution in [0.1, 0.15) is 44.6 Å². The van der Waals surface area contributed by atoms with Crippen molar-refractivity contribution in [3.05, 3.63) is 35.9 Å². The fourth-order valence-corrected chi connectivity index (χ4v) is 3.36. The summed E-state index contributed by atoms with van der Waals surface area (Å²) in [5.41, 5.74) is 1.60. The van der Waals surface area contributed by atoms with Gasteiger partial charge in [-0.3, -0.25) is 9.79 Å². The Morgan fingerprint density at radius 1 is 1.12 bits per heavy atom. The summed E-state index contributed by atoms with van der Waals surface area (Å²) in [6.07, 6.45) is 5.78. The van der Waals surface area contributed by atoms with Gasteiger partial charge in [0.25, 0.3) is 0 Å². The Kier molecular flexibility index (Phi) is 5.95. The van der Waals surface area contributed by atoms with Crippen molar-refractivity contribution >= 4 is 11.9 Å². The Morgan fingerprint density at radius 3 is 2.44 bits per heavy atom. The smallest absolute Gasteiger partial charge is 0.223 e. The van der Waals surface area contributed by atoms with Crippen molar-refractivity contribution in [3.63, 3.8) is 0 Å². The molecule has 5 heteroatoms. The Morgan fingerprint density at radius 2 is 1.84 bits per heavy atom. The lowest BCUT2D eigenvalue weighted by atomic mass is 9.64. The van der Waals surface area contributed by atoms with Gasteiger partial charge >= 0.3 is 0 Å². The molecule has 1 amide bonds. The van der Waals surface area contributed by atoms with E-state index in [1.165, 1.54) is 24.8 Å². The minimum atomic E-state index is 0.196. The van der Waals surface area contributed by atoms with Crippen LogP contribution in [-0.2, 0) is 10.2 Å². The zero-order valence-electron chi connectivity index (χ0n) is 15.2. The SMILES string of the molecule is CCNC(=NCC1(c2ccccc2)CCC1)NCCNC(=O)C1CC1. The fraction of sp³-hybridized carbons (Fsp3) is 0.600. The van der Waals surface area contributed by atoms with Crippen LogP contribution in [0.15, 0.2) is 35.3 Å². The molecule has 3 N–H and O–H groups in total. The molecule has 0 heterocycles. The highest BCUT2D eigenvalue weighted by molar-refractivity contribution is 5.81. The van der Waals surface area contributed by atoms with Gasteiger partial charge in [0, 0.05) is 31.0 Å². The number of rotatable bonds is 8. The number of nitrogens with one attached hydrogen (secondary N) is 3. The zero-order valence-corrected chi connectivity index (χ0v) is 15.2. The first kappa shape index (κ1) is 17.8. The standard InChI is InChI=1S/C20H30N4O/c1-2-21-19(23-14-13-22-18(25)16-9-10-16)24-15-20(11-6-12-20)17-7-4-3-5-8-17/h3-5,7-8,16H,2,6,9-15H2,1H3,(H,22,25)(H2,21,23,24). The van der Waals surface area contributed by atoms with E-state index in [0.29, 0.717) is 13.1 Å². The van der Waals surface area contributed by atoms with Crippen LogP contribution in [-0.4, -0.2) is 38.0 Å². The maximum Gasteiger partial charge on any atom is 0.223 e. The molecule has 0 aromatic heterocycles. The number of nitrogens with zero attached hydrogens (tertiary/aromatic N) is 1. The van der Waals surface area contributed by atoms with E-state index in [1.807, 2.05) is 0 Å². The minimum absolute atomic E-state index is 0.196. The Hall–Kier alpha value is -2.04. The normalized spacial score (nSPS) is 19.0. The highest BCUT2D eigenvalue weighted by atomic mass is 16.2. The molecule has 136 valence electrons. The first-order valence-electron chi connectivity index (χ1n) is 9.59. The molecule has 0 aliphatic heterocycles.